The minimum absolute atomic E-state index is 0.135. The van der Waals surface area contributed by atoms with Crippen LogP contribution in [0.1, 0.15) is 26.3 Å². The molecule has 0 aromatic heterocycles. The van der Waals surface area contributed by atoms with Crippen LogP contribution in [-0.2, 0) is 10.2 Å². The molecule has 0 spiro atoms. The summed E-state index contributed by atoms with van der Waals surface area (Å²) in [6.45, 7) is 10.7. The van der Waals surface area contributed by atoms with Gasteiger partial charge < -0.3 is 15.0 Å². The van der Waals surface area contributed by atoms with Gasteiger partial charge in [-0.15, -0.1) is 0 Å². The van der Waals surface area contributed by atoms with Crippen LogP contribution in [0.25, 0.3) is 0 Å². The van der Waals surface area contributed by atoms with Crippen LogP contribution in [-0.4, -0.2) is 50.3 Å². The van der Waals surface area contributed by atoms with Crippen molar-refractivity contribution in [2.24, 2.45) is 0 Å². The van der Waals surface area contributed by atoms with Gasteiger partial charge in [0.2, 0.25) is 0 Å². The van der Waals surface area contributed by atoms with Crippen molar-refractivity contribution < 1.29 is 4.74 Å². The lowest BCUT2D eigenvalue weighted by atomic mass is 9.84. The van der Waals surface area contributed by atoms with Gasteiger partial charge in [0.15, 0.2) is 0 Å². The van der Waals surface area contributed by atoms with Crippen LogP contribution < -0.4 is 5.32 Å². The van der Waals surface area contributed by atoms with E-state index in [4.69, 9.17) is 4.74 Å². The number of nitrogens with zero attached hydrogens (tertiary/aromatic N) is 1. The van der Waals surface area contributed by atoms with E-state index >= 15 is 0 Å². The quantitative estimate of drug-likeness (QED) is 0.893. The number of hydrogen-bond donors (Lipinski definition) is 1. The number of morpholine rings is 1. The molecule has 2 atom stereocenters. The number of nitrogens with one attached hydrogen (secondary N) is 1. The van der Waals surface area contributed by atoms with E-state index in [2.05, 4.69) is 68.4 Å². The number of ether oxygens (including phenoxy) is 1. The van der Waals surface area contributed by atoms with Crippen molar-refractivity contribution in [3.05, 3.63) is 35.9 Å². The molecule has 0 aliphatic carbocycles. The Labute approximate surface area is 123 Å². The van der Waals surface area contributed by atoms with Crippen molar-refractivity contribution >= 4 is 0 Å². The second-order valence-electron chi connectivity index (χ2n) is 6.59. The summed E-state index contributed by atoms with van der Waals surface area (Å²) < 4.78 is 5.88. The van der Waals surface area contributed by atoms with Gasteiger partial charge in [0.05, 0.1) is 12.7 Å². The zero-order chi connectivity index (χ0) is 14.6. The summed E-state index contributed by atoms with van der Waals surface area (Å²) in [6, 6.07) is 11.1. The number of rotatable bonds is 5. The van der Waals surface area contributed by atoms with Gasteiger partial charge in [0.1, 0.15) is 0 Å². The van der Waals surface area contributed by atoms with Crippen LogP contribution >= 0.6 is 0 Å². The highest BCUT2D eigenvalue weighted by molar-refractivity contribution is 5.23. The Bertz CT molecular complexity index is 405. The minimum atomic E-state index is 0.135. The predicted octanol–water partition coefficient (Wildman–Crippen LogP) is 2.27. The van der Waals surface area contributed by atoms with E-state index in [0.717, 1.165) is 26.2 Å². The van der Waals surface area contributed by atoms with Gasteiger partial charge in [0, 0.05) is 31.1 Å². The minimum Gasteiger partial charge on any atom is -0.374 e. The first-order valence-electron chi connectivity index (χ1n) is 7.58. The maximum Gasteiger partial charge on any atom is 0.0852 e. The van der Waals surface area contributed by atoms with Crippen molar-refractivity contribution in [3.63, 3.8) is 0 Å². The molecule has 1 aliphatic heterocycles. The molecule has 1 aromatic rings. The summed E-state index contributed by atoms with van der Waals surface area (Å²) in [5.41, 5.74) is 1.51. The predicted molar refractivity (Wildman–Crippen MR) is 84.2 cm³/mol. The molecule has 1 aliphatic rings. The number of likely N-dealkylation sites (N-methyl/N-ethyl adjacent to an activating group) is 1. The highest BCUT2D eigenvalue weighted by Crippen LogP contribution is 2.22. The lowest BCUT2D eigenvalue weighted by molar-refractivity contribution is -0.0358. The SMILES string of the molecule is C[C@@H](NCC(C)(C)c1ccccc1)[C@H]1CN(C)CCO1. The van der Waals surface area contributed by atoms with Crippen molar-refractivity contribution in [2.75, 3.05) is 33.3 Å². The molecule has 0 bridgehead atoms. The van der Waals surface area contributed by atoms with Gasteiger partial charge in [-0.25, -0.2) is 0 Å². The molecule has 1 fully saturated rings. The fourth-order valence-corrected chi connectivity index (χ4v) is 2.65. The van der Waals surface area contributed by atoms with Gasteiger partial charge >= 0.3 is 0 Å². The lowest BCUT2D eigenvalue weighted by Crippen LogP contribution is -2.51. The molecule has 1 heterocycles. The average Bonchev–Trinajstić information content (AvgIpc) is 2.46. The molecular weight excluding hydrogens is 248 g/mol. The van der Waals surface area contributed by atoms with E-state index in [9.17, 15) is 0 Å². The summed E-state index contributed by atoms with van der Waals surface area (Å²) in [6.07, 6.45) is 0.292. The van der Waals surface area contributed by atoms with Gasteiger partial charge in [-0.1, -0.05) is 44.2 Å². The molecule has 1 saturated heterocycles. The first-order chi connectivity index (χ1) is 9.49. The molecular formula is C17H28N2O. The van der Waals surface area contributed by atoms with E-state index in [0.29, 0.717) is 12.1 Å². The van der Waals surface area contributed by atoms with Gasteiger partial charge in [-0.3, -0.25) is 0 Å². The topological polar surface area (TPSA) is 24.5 Å². The number of hydrogen-bond acceptors (Lipinski definition) is 3. The van der Waals surface area contributed by atoms with Crippen LogP contribution in [0.2, 0.25) is 0 Å². The number of benzene rings is 1. The van der Waals surface area contributed by atoms with E-state index in [1.165, 1.54) is 5.56 Å². The second kappa shape index (κ2) is 6.70. The van der Waals surface area contributed by atoms with Crippen molar-refractivity contribution in [1.82, 2.24) is 10.2 Å². The molecule has 1 N–H and O–H groups in total. The van der Waals surface area contributed by atoms with Crippen LogP contribution in [0, 0.1) is 0 Å². The Morgan fingerprint density at radius 3 is 2.70 bits per heavy atom. The fourth-order valence-electron chi connectivity index (χ4n) is 2.65. The molecule has 2 rings (SSSR count). The molecule has 3 heteroatoms. The zero-order valence-corrected chi connectivity index (χ0v) is 13.2. The van der Waals surface area contributed by atoms with Crippen molar-refractivity contribution in [3.8, 4) is 0 Å². The molecule has 0 amide bonds. The molecule has 0 saturated carbocycles. The van der Waals surface area contributed by atoms with Gasteiger partial charge in [-0.05, 0) is 19.5 Å². The molecule has 0 radical (unpaired) electrons. The smallest absolute Gasteiger partial charge is 0.0852 e. The summed E-state index contributed by atoms with van der Waals surface area (Å²) in [4.78, 5) is 2.34. The van der Waals surface area contributed by atoms with Crippen LogP contribution in [0.4, 0.5) is 0 Å². The Hall–Kier alpha value is -0.900. The molecule has 0 unspecified atom stereocenters. The Morgan fingerprint density at radius 1 is 1.35 bits per heavy atom. The van der Waals surface area contributed by atoms with E-state index in [-0.39, 0.29) is 5.41 Å². The van der Waals surface area contributed by atoms with Crippen LogP contribution in [0.15, 0.2) is 30.3 Å². The standard InChI is InChI=1S/C17H28N2O/c1-14(16-12-19(4)10-11-20-16)18-13-17(2,3)15-8-6-5-7-9-15/h5-9,14,16,18H,10-13H2,1-4H3/t14-,16-/m1/s1. The first-order valence-corrected chi connectivity index (χ1v) is 7.58. The molecule has 1 aromatic carbocycles. The zero-order valence-electron chi connectivity index (χ0n) is 13.2. The van der Waals surface area contributed by atoms with E-state index in [1.807, 2.05) is 0 Å². The third-order valence-corrected chi connectivity index (χ3v) is 4.28. The van der Waals surface area contributed by atoms with E-state index < -0.39 is 0 Å². The molecule has 112 valence electrons. The van der Waals surface area contributed by atoms with E-state index in [1.54, 1.807) is 0 Å². The Balaban J connectivity index is 1.87. The summed E-state index contributed by atoms with van der Waals surface area (Å²) in [5.74, 6) is 0. The highest BCUT2D eigenvalue weighted by atomic mass is 16.5. The fraction of sp³-hybridized carbons (Fsp3) is 0.647. The average molecular weight is 276 g/mol. The third kappa shape index (κ3) is 4.05. The maximum absolute atomic E-state index is 5.88. The second-order valence-corrected chi connectivity index (χ2v) is 6.59. The summed E-state index contributed by atoms with van der Waals surface area (Å²) in [5, 5.41) is 3.66. The third-order valence-electron chi connectivity index (χ3n) is 4.28. The monoisotopic (exact) mass is 276 g/mol. The molecule has 20 heavy (non-hydrogen) atoms. The van der Waals surface area contributed by atoms with Crippen molar-refractivity contribution in [1.29, 1.82) is 0 Å². The summed E-state index contributed by atoms with van der Waals surface area (Å²) >= 11 is 0. The Kier molecular flexibility index (Phi) is 5.19. The van der Waals surface area contributed by atoms with Crippen molar-refractivity contribution in [2.45, 2.75) is 38.3 Å². The van der Waals surface area contributed by atoms with Gasteiger partial charge in [-0.2, -0.15) is 0 Å². The van der Waals surface area contributed by atoms with Gasteiger partial charge in [0.25, 0.3) is 0 Å². The Morgan fingerprint density at radius 2 is 2.05 bits per heavy atom. The van der Waals surface area contributed by atoms with Crippen LogP contribution in [0.5, 0.6) is 0 Å². The molecule has 3 nitrogen and oxygen atoms in total. The lowest BCUT2D eigenvalue weighted by Gasteiger charge is -2.36. The van der Waals surface area contributed by atoms with Crippen LogP contribution in [0.3, 0.4) is 0 Å². The first kappa shape index (κ1) is 15.5. The summed E-state index contributed by atoms with van der Waals surface area (Å²) in [7, 11) is 2.16. The highest BCUT2D eigenvalue weighted by Gasteiger charge is 2.26. The maximum atomic E-state index is 5.88. The largest absolute Gasteiger partial charge is 0.374 e. The normalized spacial score (nSPS) is 22.7.